The minimum absolute atomic E-state index is 0.273. The minimum atomic E-state index is -0.685. The van der Waals surface area contributed by atoms with Crippen LogP contribution in [-0.4, -0.2) is 24.6 Å². The second-order valence-corrected chi connectivity index (χ2v) is 8.26. The van der Waals surface area contributed by atoms with Gasteiger partial charge in [-0.05, 0) is 76.1 Å². The second kappa shape index (κ2) is 8.78. The molecule has 0 bridgehead atoms. The maximum absolute atomic E-state index is 12.8. The van der Waals surface area contributed by atoms with Gasteiger partial charge in [-0.1, -0.05) is 12.1 Å². The van der Waals surface area contributed by atoms with Crippen LogP contribution in [0.3, 0.4) is 0 Å². The molecule has 1 N–H and O–H groups in total. The topological polar surface area (TPSA) is 64.6 Å². The lowest BCUT2D eigenvalue weighted by Crippen LogP contribution is -2.30. The zero-order valence-electron chi connectivity index (χ0n) is 16.9. The molecule has 0 fully saturated rings. The van der Waals surface area contributed by atoms with Crippen molar-refractivity contribution < 1.29 is 19.1 Å². The Labute approximate surface area is 170 Å². The Bertz CT molecular complexity index is 887. The second-order valence-electron chi connectivity index (χ2n) is 7.15. The van der Waals surface area contributed by atoms with Crippen molar-refractivity contribution in [3.63, 3.8) is 0 Å². The van der Waals surface area contributed by atoms with Gasteiger partial charge in [-0.3, -0.25) is 4.79 Å². The molecule has 0 saturated carbocycles. The maximum atomic E-state index is 12.8. The Morgan fingerprint density at radius 1 is 1.21 bits per heavy atom. The van der Waals surface area contributed by atoms with Crippen LogP contribution in [0.25, 0.3) is 0 Å². The third kappa shape index (κ3) is 4.38. The summed E-state index contributed by atoms with van der Waals surface area (Å²) >= 11 is 1.49. The smallest absolute Gasteiger partial charge is 0.341 e. The van der Waals surface area contributed by atoms with Crippen LogP contribution in [0.15, 0.2) is 18.2 Å². The average Bonchev–Trinajstić information content (AvgIpc) is 3.02. The third-order valence-electron chi connectivity index (χ3n) is 4.90. The predicted octanol–water partition coefficient (Wildman–Crippen LogP) is 4.83. The van der Waals surface area contributed by atoms with Crippen molar-refractivity contribution in [2.24, 2.45) is 0 Å². The number of rotatable bonds is 6. The van der Waals surface area contributed by atoms with Crippen molar-refractivity contribution in [1.82, 2.24) is 0 Å². The molecular weight excluding hydrogens is 374 g/mol. The molecule has 5 nitrogen and oxygen atoms in total. The lowest BCUT2D eigenvalue weighted by Gasteiger charge is -2.17. The Morgan fingerprint density at radius 2 is 1.96 bits per heavy atom. The molecular formula is C22H27NO4S. The van der Waals surface area contributed by atoms with Crippen LogP contribution in [0, 0.1) is 13.8 Å². The average molecular weight is 402 g/mol. The highest BCUT2D eigenvalue weighted by atomic mass is 32.1. The molecule has 1 amide bonds. The van der Waals surface area contributed by atoms with Crippen LogP contribution in [-0.2, 0) is 22.4 Å². The van der Waals surface area contributed by atoms with E-state index in [0.29, 0.717) is 22.9 Å². The molecule has 0 aliphatic heterocycles. The molecule has 1 aliphatic rings. The van der Waals surface area contributed by atoms with Gasteiger partial charge in [0.15, 0.2) is 6.10 Å². The summed E-state index contributed by atoms with van der Waals surface area (Å²) < 4.78 is 11.1. The van der Waals surface area contributed by atoms with Gasteiger partial charge >= 0.3 is 5.97 Å². The molecule has 0 unspecified atom stereocenters. The van der Waals surface area contributed by atoms with Gasteiger partial charge in [-0.25, -0.2) is 4.79 Å². The van der Waals surface area contributed by atoms with E-state index in [1.54, 1.807) is 13.8 Å². The zero-order chi connectivity index (χ0) is 20.3. The third-order valence-corrected chi connectivity index (χ3v) is 6.11. The largest absolute Gasteiger partial charge is 0.481 e. The molecule has 0 radical (unpaired) electrons. The lowest BCUT2D eigenvalue weighted by atomic mass is 9.95. The summed E-state index contributed by atoms with van der Waals surface area (Å²) in [7, 11) is 0. The fourth-order valence-electron chi connectivity index (χ4n) is 3.36. The summed E-state index contributed by atoms with van der Waals surface area (Å²) in [5, 5.41) is 3.49. The number of aryl methyl sites for hydroxylation is 3. The standard InChI is InChI=1S/C22H27NO4S/c1-5-26-22(25)19-16-8-6-7-9-18(16)28-21(19)23-20(24)15(4)27-17-12-13(2)10-11-14(17)3/h10-12,15H,5-9H2,1-4H3,(H,23,24)/t15-/m1/s1. The van der Waals surface area contributed by atoms with E-state index in [-0.39, 0.29) is 11.9 Å². The number of amides is 1. The van der Waals surface area contributed by atoms with Crippen molar-refractivity contribution >= 4 is 28.2 Å². The highest BCUT2D eigenvalue weighted by molar-refractivity contribution is 7.17. The van der Waals surface area contributed by atoms with Crippen LogP contribution in [0.2, 0.25) is 0 Å². The number of hydrogen-bond acceptors (Lipinski definition) is 5. The van der Waals surface area contributed by atoms with Crippen molar-refractivity contribution in [1.29, 1.82) is 0 Å². The maximum Gasteiger partial charge on any atom is 0.341 e. The number of esters is 1. The number of hydrogen-bond donors (Lipinski definition) is 1. The van der Waals surface area contributed by atoms with Crippen molar-refractivity contribution in [2.45, 2.75) is 59.5 Å². The van der Waals surface area contributed by atoms with E-state index < -0.39 is 6.10 Å². The van der Waals surface area contributed by atoms with Crippen LogP contribution in [0.1, 0.15) is 58.6 Å². The predicted molar refractivity (Wildman–Crippen MR) is 112 cm³/mol. The first kappa shape index (κ1) is 20.4. The van der Waals surface area contributed by atoms with Crippen molar-refractivity contribution in [2.75, 3.05) is 11.9 Å². The molecule has 150 valence electrons. The van der Waals surface area contributed by atoms with Crippen LogP contribution in [0.5, 0.6) is 5.75 Å². The molecule has 1 aromatic heterocycles. The number of carbonyl (C=O) groups is 2. The monoisotopic (exact) mass is 401 g/mol. The summed E-state index contributed by atoms with van der Waals surface area (Å²) in [6.07, 6.45) is 3.27. The first-order valence-corrected chi connectivity index (χ1v) is 10.6. The first-order valence-electron chi connectivity index (χ1n) is 9.77. The molecule has 0 saturated heterocycles. The highest BCUT2D eigenvalue weighted by Gasteiger charge is 2.28. The summed E-state index contributed by atoms with van der Waals surface area (Å²) in [6.45, 7) is 7.75. The Morgan fingerprint density at radius 3 is 2.71 bits per heavy atom. The molecule has 1 atom stereocenters. The molecule has 3 rings (SSSR count). The van der Waals surface area contributed by atoms with E-state index in [0.717, 1.165) is 42.4 Å². The normalized spacial score (nSPS) is 14.1. The van der Waals surface area contributed by atoms with Crippen LogP contribution < -0.4 is 10.1 Å². The Balaban J connectivity index is 1.80. The summed E-state index contributed by atoms with van der Waals surface area (Å²) in [4.78, 5) is 26.5. The number of fused-ring (bicyclic) bond motifs is 1. The molecule has 0 spiro atoms. The number of thiophene rings is 1. The van der Waals surface area contributed by atoms with E-state index in [9.17, 15) is 9.59 Å². The minimum Gasteiger partial charge on any atom is -0.481 e. The van der Waals surface area contributed by atoms with Crippen molar-refractivity contribution in [3.8, 4) is 5.75 Å². The zero-order valence-corrected chi connectivity index (χ0v) is 17.7. The molecule has 1 aliphatic carbocycles. The quantitative estimate of drug-likeness (QED) is 0.705. The summed E-state index contributed by atoms with van der Waals surface area (Å²) in [6, 6.07) is 5.91. The molecule has 1 aromatic carbocycles. The Kier molecular flexibility index (Phi) is 6.39. The summed E-state index contributed by atoms with van der Waals surface area (Å²) in [5.74, 6) is 0.0593. The number of anilines is 1. The summed E-state index contributed by atoms with van der Waals surface area (Å²) in [5.41, 5.74) is 3.61. The fraction of sp³-hybridized carbons (Fsp3) is 0.455. The fourth-order valence-corrected chi connectivity index (χ4v) is 4.65. The van der Waals surface area contributed by atoms with Gasteiger partial charge in [-0.15, -0.1) is 11.3 Å². The number of ether oxygens (including phenoxy) is 2. The van der Waals surface area contributed by atoms with Gasteiger partial charge in [-0.2, -0.15) is 0 Å². The Hall–Kier alpha value is -2.34. The SMILES string of the molecule is CCOC(=O)c1c(NC(=O)[C@@H](C)Oc2cc(C)ccc2C)sc2c1CCCC2. The van der Waals surface area contributed by atoms with E-state index >= 15 is 0 Å². The first-order chi connectivity index (χ1) is 13.4. The van der Waals surface area contributed by atoms with Gasteiger partial charge in [0.1, 0.15) is 10.8 Å². The van der Waals surface area contributed by atoms with Gasteiger partial charge < -0.3 is 14.8 Å². The molecule has 28 heavy (non-hydrogen) atoms. The van der Waals surface area contributed by atoms with E-state index in [1.807, 2.05) is 32.0 Å². The van der Waals surface area contributed by atoms with Crippen LogP contribution in [0.4, 0.5) is 5.00 Å². The van der Waals surface area contributed by atoms with Crippen LogP contribution >= 0.6 is 11.3 Å². The lowest BCUT2D eigenvalue weighted by molar-refractivity contribution is -0.122. The van der Waals surface area contributed by atoms with E-state index in [2.05, 4.69) is 5.32 Å². The molecule has 2 aromatic rings. The van der Waals surface area contributed by atoms with E-state index in [4.69, 9.17) is 9.47 Å². The van der Waals surface area contributed by atoms with Gasteiger partial charge in [0, 0.05) is 4.88 Å². The van der Waals surface area contributed by atoms with E-state index in [1.165, 1.54) is 16.2 Å². The number of carbonyl (C=O) groups excluding carboxylic acids is 2. The van der Waals surface area contributed by atoms with Gasteiger partial charge in [0.25, 0.3) is 5.91 Å². The molecule has 6 heteroatoms. The van der Waals surface area contributed by atoms with Crippen molar-refractivity contribution in [3.05, 3.63) is 45.3 Å². The number of benzene rings is 1. The molecule has 1 heterocycles. The van der Waals surface area contributed by atoms with Gasteiger partial charge in [0.05, 0.1) is 12.2 Å². The van der Waals surface area contributed by atoms with Gasteiger partial charge in [0.2, 0.25) is 0 Å². The number of nitrogens with one attached hydrogen (secondary N) is 1. The highest BCUT2D eigenvalue weighted by Crippen LogP contribution is 2.38.